The van der Waals surface area contributed by atoms with E-state index in [0.29, 0.717) is 12.0 Å². The average molecular weight is 435 g/mol. The number of aliphatic hydroxyl groups is 4. The van der Waals surface area contributed by atoms with Gasteiger partial charge in [-0.15, -0.1) is 11.3 Å². The molecule has 0 saturated carbocycles. The molecule has 1 saturated heterocycles. The lowest BCUT2D eigenvalue weighted by atomic mass is 9.90. The van der Waals surface area contributed by atoms with Crippen LogP contribution in [0.3, 0.4) is 0 Å². The molecule has 0 spiro atoms. The summed E-state index contributed by atoms with van der Waals surface area (Å²) in [4.78, 5) is 1.23. The molecular formula is C22H23ClO5S. The number of benzene rings is 2. The third-order valence-electron chi connectivity index (χ3n) is 5.53. The maximum atomic E-state index is 10.4. The van der Waals surface area contributed by atoms with E-state index >= 15 is 0 Å². The average Bonchev–Trinajstić information content (AvgIpc) is 3.02. The third kappa shape index (κ3) is 3.94. The smallest absolute Gasteiger partial charge is 0.113 e. The summed E-state index contributed by atoms with van der Waals surface area (Å²) in [5.74, 6) is 0. The zero-order valence-electron chi connectivity index (χ0n) is 15.8. The number of halogens is 1. The second-order valence-corrected chi connectivity index (χ2v) is 9.04. The molecule has 3 aromatic rings. The molecule has 4 N–H and O–H groups in total. The van der Waals surface area contributed by atoms with Gasteiger partial charge in [0.1, 0.15) is 30.5 Å². The van der Waals surface area contributed by atoms with E-state index < -0.39 is 37.1 Å². The maximum Gasteiger partial charge on any atom is 0.113 e. The second-order valence-electron chi connectivity index (χ2n) is 7.46. The molecule has 4 rings (SSSR count). The Morgan fingerprint density at radius 2 is 1.83 bits per heavy atom. The molecule has 0 amide bonds. The van der Waals surface area contributed by atoms with E-state index in [1.165, 1.54) is 15.1 Å². The molecule has 2 unspecified atom stereocenters. The van der Waals surface area contributed by atoms with Crippen LogP contribution in [0.1, 0.15) is 27.7 Å². The van der Waals surface area contributed by atoms with E-state index in [-0.39, 0.29) is 0 Å². The number of aliphatic hydroxyl groups excluding tert-OH is 4. The van der Waals surface area contributed by atoms with Crippen molar-refractivity contribution in [3.05, 3.63) is 69.1 Å². The SMILES string of the molecule is Cc1c(Cc2cccc(C3O[C@H](CO)[C@@H](O)C(O)[C@H]3O)c2)sc2ccc(Cl)cc12. The van der Waals surface area contributed by atoms with Crippen LogP contribution < -0.4 is 0 Å². The topological polar surface area (TPSA) is 90.2 Å². The Labute approximate surface area is 177 Å². The molecule has 1 aliphatic rings. The summed E-state index contributed by atoms with van der Waals surface area (Å²) in [5, 5.41) is 41.7. The Bertz CT molecular complexity index is 1020. The summed E-state index contributed by atoms with van der Waals surface area (Å²) in [7, 11) is 0. The van der Waals surface area contributed by atoms with Gasteiger partial charge >= 0.3 is 0 Å². The van der Waals surface area contributed by atoms with Gasteiger partial charge in [0.25, 0.3) is 0 Å². The van der Waals surface area contributed by atoms with Crippen molar-refractivity contribution in [2.24, 2.45) is 0 Å². The lowest BCUT2D eigenvalue weighted by Gasteiger charge is -2.40. The highest BCUT2D eigenvalue weighted by molar-refractivity contribution is 7.19. The number of thiophene rings is 1. The summed E-state index contributed by atoms with van der Waals surface area (Å²) in [6.45, 7) is 1.65. The second kappa shape index (κ2) is 8.32. The minimum absolute atomic E-state index is 0.440. The molecule has 29 heavy (non-hydrogen) atoms. The summed E-state index contributed by atoms with van der Waals surface area (Å²) >= 11 is 7.87. The highest BCUT2D eigenvalue weighted by Crippen LogP contribution is 2.36. The Balaban J connectivity index is 1.62. The van der Waals surface area contributed by atoms with Crippen molar-refractivity contribution in [3.8, 4) is 0 Å². The van der Waals surface area contributed by atoms with Gasteiger partial charge in [-0.25, -0.2) is 0 Å². The predicted molar refractivity (Wildman–Crippen MR) is 114 cm³/mol. The zero-order chi connectivity index (χ0) is 20.7. The predicted octanol–water partition coefficient (Wildman–Crippen LogP) is 2.97. The lowest BCUT2D eigenvalue weighted by Crippen LogP contribution is -2.55. The van der Waals surface area contributed by atoms with Gasteiger partial charge in [0.2, 0.25) is 0 Å². The molecule has 1 fully saturated rings. The molecule has 1 aliphatic heterocycles. The zero-order valence-corrected chi connectivity index (χ0v) is 17.4. The van der Waals surface area contributed by atoms with Crippen LogP contribution in [-0.4, -0.2) is 51.4 Å². The van der Waals surface area contributed by atoms with Crippen molar-refractivity contribution in [1.29, 1.82) is 0 Å². The minimum atomic E-state index is -1.39. The summed E-state index contributed by atoms with van der Waals surface area (Å²) in [6.07, 6.45) is -5.05. The number of ether oxygens (including phenoxy) is 1. The Morgan fingerprint density at radius 1 is 1.03 bits per heavy atom. The number of fused-ring (bicyclic) bond motifs is 1. The number of hydrogen-bond acceptors (Lipinski definition) is 6. The first kappa shape index (κ1) is 20.8. The third-order valence-corrected chi connectivity index (χ3v) is 7.04. The van der Waals surface area contributed by atoms with Crippen molar-refractivity contribution >= 4 is 33.0 Å². The standard InChI is InChI=1S/C22H23ClO5S/c1-11-15-9-14(23)5-6-17(15)29-18(11)8-12-3-2-4-13(7-12)22-21(27)20(26)19(25)16(10-24)28-22/h2-7,9,16,19-22,24-27H,8,10H2,1H3/t16-,19-,20?,21-,22?/m1/s1. The van der Waals surface area contributed by atoms with Crippen molar-refractivity contribution in [3.63, 3.8) is 0 Å². The summed E-state index contributed by atoms with van der Waals surface area (Å²) < 4.78 is 6.87. The van der Waals surface area contributed by atoms with E-state index in [4.69, 9.17) is 16.3 Å². The van der Waals surface area contributed by atoms with E-state index in [2.05, 4.69) is 6.92 Å². The number of hydrogen-bond donors (Lipinski definition) is 4. The minimum Gasteiger partial charge on any atom is -0.394 e. The van der Waals surface area contributed by atoms with Gasteiger partial charge in [0.15, 0.2) is 0 Å². The lowest BCUT2D eigenvalue weighted by molar-refractivity contribution is -0.231. The first-order valence-corrected chi connectivity index (χ1v) is 10.7. The maximum absolute atomic E-state index is 10.4. The highest BCUT2D eigenvalue weighted by Gasteiger charge is 2.43. The van der Waals surface area contributed by atoms with Gasteiger partial charge in [0, 0.05) is 21.0 Å². The fraction of sp³-hybridized carbons (Fsp3) is 0.364. The van der Waals surface area contributed by atoms with Gasteiger partial charge in [-0.2, -0.15) is 0 Å². The molecule has 5 nitrogen and oxygen atoms in total. The van der Waals surface area contributed by atoms with Crippen molar-refractivity contribution in [2.75, 3.05) is 6.61 Å². The van der Waals surface area contributed by atoms with Crippen LogP contribution in [0, 0.1) is 6.92 Å². The first-order chi connectivity index (χ1) is 13.9. The Hall–Kier alpha value is -1.51. The van der Waals surface area contributed by atoms with Crippen LogP contribution in [0.4, 0.5) is 0 Å². The quantitative estimate of drug-likeness (QED) is 0.507. The first-order valence-electron chi connectivity index (χ1n) is 9.46. The van der Waals surface area contributed by atoms with Gasteiger partial charge in [-0.05, 0) is 47.2 Å². The normalized spacial score (nSPS) is 27.4. The van der Waals surface area contributed by atoms with E-state index in [9.17, 15) is 20.4 Å². The molecule has 2 heterocycles. The van der Waals surface area contributed by atoms with E-state index in [0.717, 1.165) is 16.0 Å². The van der Waals surface area contributed by atoms with Crippen molar-refractivity contribution in [2.45, 2.75) is 43.9 Å². The fourth-order valence-electron chi connectivity index (χ4n) is 3.85. The molecule has 154 valence electrons. The van der Waals surface area contributed by atoms with Crippen molar-refractivity contribution < 1.29 is 25.2 Å². The van der Waals surface area contributed by atoms with Crippen LogP contribution in [-0.2, 0) is 11.2 Å². The van der Waals surface area contributed by atoms with E-state index in [1.54, 1.807) is 11.3 Å². The molecule has 2 aromatic carbocycles. The largest absolute Gasteiger partial charge is 0.394 e. The molecule has 5 atom stereocenters. The highest BCUT2D eigenvalue weighted by atomic mass is 35.5. The Kier molecular flexibility index (Phi) is 5.95. The van der Waals surface area contributed by atoms with Crippen LogP contribution in [0.25, 0.3) is 10.1 Å². The van der Waals surface area contributed by atoms with Crippen molar-refractivity contribution in [1.82, 2.24) is 0 Å². The van der Waals surface area contributed by atoms with E-state index in [1.807, 2.05) is 42.5 Å². The van der Waals surface area contributed by atoms with Gasteiger partial charge < -0.3 is 25.2 Å². The molecule has 7 heteroatoms. The monoisotopic (exact) mass is 434 g/mol. The fourth-order valence-corrected chi connectivity index (χ4v) is 5.25. The van der Waals surface area contributed by atoms with Crippen LogP contribution in [0.5, 0.6) is 0 Å². The molecule has 0 radical (unpaired) electrons. The summed E-state index contributed by atoms with van der Waals surface area (Å²) in [5.41, 5.74) is 2.94. The number of rotatable bonds is 4. The molecular weight excluding hydrogens is 412 g/mol. The van der Waals surface area contributed by atoms with Crippen LogP contribution in [0.2, 0.25) is 5.02 Å². The summed E-state index contributed by atoms with van der Waals surface area (Å²) in [6, 6.07) is 13.5. The van der Waals surface area contributed by atoms with Gasteiger partial charge in [0.05, 0.1) is 6.61 Å². The Morgan fingerprint density at radius 3 is 2.59 bits per heavy atom. The molecule has 1 aromatic heterocycles. The van der Waals surface area contributed by atoms with Crippen LogP contribution in [0.15, 0.2) is 42.5 Å². The van der Waals surface area contributed by atoms with Gasteiger partial charge in [-0.3, -0.25) is 0 Å². The van der Waals surface area contributed by atoms with Crippen LogP contribution >= 0.6 is 22.9 Å². The van der Waals surface area contributed by atoms with Gasteiger partial charge in [-0.1, -0.05) is 35.9 Å². The molecule has 0 aliphatic carbocycles. The number of aryl methyl sites for hydroxylation is 1. The molecule has 0 bridgehead atoms.